The van der Waals surface area contributed by atoms with E-state index in [0.717, 1.165) is 38.6 Å². The maximum atomic E-state index is 12.3. The number of benzene rings is 1. The van der Waals surface area contributed by atoms with Crippen molar-refractivity contribution in [2.24, 2.45) is 0 Å². The Kier molecular flexibility index (Phi) is 6.70. The standard InChI is InChI=1S/C18H28N2O4S/c1-15(2)24-17-9-7-16(8-10-17)20(25(3,22)23)14-11-18(21)19-12-5-4-6-13-19/h7-10,15H,4-6,11-14H2,1-3H3. The van der Waals surface area contributed by atoms with Crippen LogP contribution >= 0.6 is 0 Å². The second kappa shape index (κ2) is 8.56. The molecule has 0 atom stereocenters. The molecule has 1 aromatic rings. The van der Waals surface area contributed by atoms with Crippen molar-refractivity contribution in [3.05, 3.63) is 24.3 Å². The maximum Gasteiger partial charge on any atom is 0.232 e. The van der Waals surface area contributed by atoms with Gasteiger partial charge in [-0.3, -0.25) is 9.10 Å². The van der Waals surface area contributed by atoms with Crippen molar-refractivity contribution in [1.82, 2.24) is 4.90 Å². The van der Waals surface area contributed by atoms with E-state index in [1.54, 1.807) is 24.3 Å². The monoisotopic (exact) mass is 368 g/mol. The molecule has 0 aliphatic carbocycles. The van der Waals surface area contributed by atoms with Gasteiger partial charge in [0.1, 0.15) is 5.75 Å². The number of piperidine rings is 1. The third-order valence-corrected chi connectivity index (χ3v) is 5.33. The summed E-state index contributed by atoms with van der Waals surface area (Å²) >= 11 is 0. The molecule has 0 saturated carbocycles. The summed E-state index contributed by atoms with van der Waals surface area (Å²) in [6, 6.07) is 6.92. The van der Waals surface area contributed by atoms with Crippen LogP contribution in [0.3, 0.4) is 0 Å². The van der Waals surface area contributed by atoms with Crippen LogP contribution in [-0.4, -0.2) is 51.2 Å². The Bertz CT molecular complexity index is 665. The first kappa shape index (κ1) is 19.6. The van der Waals surface area contributed by atoms with E-state index in [1.165, 1.54) is 4.31 Å². The molecule has 0 N–H and O–H groups in total. The van der Waals surface area contributed by atoms with Gasteiger partial charge in [-0.2, -0.15) is 0 Å². The van der Waals surface area contributed by atoms with Crippen LogP contribution in [0.1, 0.15) is 39.5 Å². The first-order valence-electron chi connectivity index (χ1n) is 8.79. The molecule has 1 aliphatic rings. The van der Waals surface area contributed by atoms with Crippen molar-refractivity contribution in [2.45, 2.75) is 45.6 Å². The SMILES string of the molecule is CC(C)Oc1ccc(N(CCC(=O)N2CCCCC2)S(C)(=O)=O)cc1. The highest BCUT2D eigenvalue weighted by Gasteiger charge is 2.22. The van der Waals surface area contributed by atoms with Gasteiger partial charge in [-0.05, 0) is 57.4 Å². The molecule has 1 aliphatic heterocycles. The molecule has 1 amide bonds. The summed E-state index contributed by atoms with van der Waals surface area (Å²) in [4.78, 5) is 14.2. The number of carbonyl (C=O) groups excluding carboxylic acids is 1. The minimum atomic E-state index is -3.46. The molecule has 0 bridgehead atoms. The van der Waals surface area contributed by atoms with E-state index in [0.29, 0.717) is 11.4 Å². The zero-order chi connectivity index (χ0) is 18.4. The van der Waals surface area contributed by atoms with E-state index < -0.39 is 10.0 Å². The van der Waals surface area contributed by atoms with Crippen molar-refractivity contribution in [3.63, 3.8) is 0 Å². The van der Waals surface area contributed by atoms with E-state index >= 15 is 0 Å². The number of hydrogen-bond donors (Lipinski definition) is 0. The first-order valence-corrected chi connectivity index (χ1v) is 10.6. The first-order chi connectivity index (χ1) is 11.8. The minimum absolute atomic E-state index is 0.0214. The number of likely N-dealkylation sites (tertiary alicyclic amines) is 1. The number of ether oxygens (including phenoxy) is 1. The van der Waals surface area contributed by atoms with Gasteiger partial charge in [0.15, 0.2) is 0 Å². The Hall–Kier alpha value is -1.76. The van der Waals surface area contributed by atoms with Crippen LogP contribution in [0.25, 0.3) is 0 Å². The largest absolute Gasteiger partial charge is 0.491 e. The van der Waals surface area contributed by atoms with Gasteiger partial charge in [0.25, 0.3) is 0 Å². The Labute approximate surface area is 150 Å². The highest BCUT2D eigenvalue weighted by atomic mass is 32.2. The number of anilines is 1. The number of rotatable bonds is 7. The summed E-state index contributed by atoms with van der Waals surface area (Å²) in [6.45, 7) is 5.57. The molecule has 1 aromatic carbocycles. The lowest BCUT2D eigenvalue weighted by molar-refractivity contribution is -0.131. The zero-order valence-electron chi connectivity index (χ0n) is 15.3. The zero-order valence-corrected chi connectivity index (χ0v) is 16.1. The Balaban J connectivity index is 2.05. The summed E-state index contributed by atoms with van der Waals surface area (Å²) in [5.41, 5.74) is 0.546. The second-order valence-electron chi connectivity index (χ2n) is 6.69. The van der Waals surface area contributed by atoms with Gasteiger partial charge in [-0.25, -0.2) is 8.42 Å². The number of amides is 1. The van der Waals surface area contributed by atoms with Crippen LogP contribution < -0.4 is 9.04 Å². The van der Waals surface area contributed by atoms with E-state index in [1.807, 2.05) is 18.7 Å². The predicted octanol–water partition coefficient (Wildman–Crippen LogP) is 2.64. The smallest absolute Gasteiger partial charge is 0.232 e. The fraction of sp³-hybridized carbons (Fsp3) is 0.611. The molecular formula is C18H28N2O4S. The van der Waals surface area contributed by atoms with Crippen LogP contribution in [0.5, 0.6) is 5.75 Å². The van der Waals surface area contributed by atoms with Crippen LogP contribution in [0.2, 0.25) is 0 Å². The number of carbonyl (C=O) groups is 1. The lowest BCUT2D eigenvalue weighted by Gasteiger charge is -2.28. The van der Waals surface area contributed by atoms with Crippen molar-refractivity contribution in [1.29, 1.82) is 0 Å². The Morgan fingerprint density at radius 1 is 1.16 bits per heavy atom. The highest BCUT2D eigenvalue weighted by molar-refractivity contribution is 7.92. The van der Waals surface area contributed by atoms with Crippen molar-refractivity contribution < 1.29 is 17.9 Å². The molecule has 0 unspecified atom stereocenters. The molecule has 7 heteroatoms. The fourth-order valence-electron chi connectivity index (χ4n) is 2.95. The van der Waals surface area contributed by atoms with Crippen LogP contribution in [-0.2, 0) is 14.8 Å². The lowest BCUT2D eigenvalue weighted by atomic mass is 10.1. The van der Waals surface area contributed by atoms with Gasteiger partial charge >= 0.3 is 0 Å². The van der Waals surface area contributed by atoms with E-state index in [9.17, 15) is 13.2 Å². The van der Waals surface area contributed by atoms with Crippen molar-refractivity contribution in [2.75, 3.05) is 30.2 Å². The summed E-state index contributed by atoms with van der Waals surface area (Å²) in [6.07, 6.45) is 4.62. The summed E-state index contributed by atoms with van der Waals surface area (Å²) in [5.74, 6) is 0.713. The second-order valence-corrected chi connectivity index (χ2v) is 8.59. The van der Waals surface area contributed by atoms with Gasteiger partial charge < -0.3 is 9.64 Å². The van der Waals surface area contributed by atoms with Crippen molar-refractivity contribution >= 4 is 21.6 Å². The molecule has 0 aromatic heterocycles. The molecular weight excluding hydrogens is 340 g/mol. The number of nitrogens with zero attached hydrogens (tertiary/aromatic N) is 2. The molecule has 1 saturated heterocycles. The van der Waals surface area contributed by atoms with E-state index in [-0.39, 0.29) is 25.0 Å². The van der Waals surface area contributed by atoms with Gasteiger partial charge in [0.2, 0.25) is 15.9 Å². The van der Waals surface area contributed by atoms with Crippen LogP contribution in [0, 0.1) is 0 Å². The third kappa shape index (κ3) is 5.92. The number of hydrogen-bond acceptors (Lipinski definition) is 4. The molecule has 1 heterocycles. The average molecular weight is 368 g/mol. The summed E-state index contributed by atoms with van der Waals surface area (Å²) in [5, 5.41) is 0. The fourth-order valence-corrected chi connectivity index (χ4v) is 3.88. The number of sulfonamides is 1. The van der Waals surface area contributed by atoms with Gasteiger partial charge in [0, 0.05) is 26.1 Å². The molecule has 0 radical (unpaired) electrons. The normalized spacial score (nSPS) is 15.3. The Morgan fingerprint density at radius 2 is 1.76 bits per heavy atom. The van der Waals surface area contributed by atoms with E-state index in [2.05, 4.69) is 0 Å². The molecule has 6 nitrogen and oxygen atoms in total. The summed E-state index contributed by atoms with van der Waals surface area (Å²) < 4.78 is 31.2. The molecule has 25 heavy (non-hydrogen) atoms. The van der Waals surface area contributed by atoms with Gasteiger partial charge in [-0.15, -0.1) is 0 Å². The predicted molar refractivity (Wildman–Crippen MR) is 99.4 cm³/mol. The maximum absolute atomic E-state index is 12.3. The van der Waals surface area contributed by atoms with Crippen LogP contribution in [0.4, 0.5) is 5.69 Å². The lowest BCUT2D eigenvalue weighted by Crippen LogP contribution is -2.39. The molecule has 0 spiro atoms. The van der Waals surface area contributed by atoms with E-state index in [4.69, 9.17) is 4.74 Å². The quantitative estimate of drug-likeness (QED) is 0.742. The minimum Gasteiger partial charge on any atom is -0.491 e. The van der Waals surface area contributed by atoms with Gasteiger partial charge in [-0.1, -0.05) is 0 Å². The highest BCUT2D eigenvalue weighted by Crippen LogP contribution is 2.23. The molecule has 2 rings (SSSR count). The molecule has 1 fully saturated rings. The third-order valence-electron chi connectivity index (χ3n) is 4.13. The topological polar surface area (TPSA) is 66.9 Å². The van der Waals surface area contributed by atoms with Crippen molar-refractivity contribution in [3.8, 4) is 5.75 Å². The summed E-state index contributed by atoms with van der Waals surface area (Å²) in [7, 11) is -3.46. The van der Waals surface area contributed by atoms with Crippen LogP contribution in [0.15, 0.2) is 24.3 Å². The average Bonchev–Trinajstić information content (AvgIpc) is 2.55. The van der Waals surface area contributed by atoms with Gasteiger partial charge in [0.05, 0.1) is 18.0 Å². The molecule has 140 valence electrons. The Morgan fingerprint density at radius 3 is 2.28 bits per heavy atom.